The standard InChI is InChI=1S/C27H32F3N5O/c1-13-11-35(12-14(2)36-13)25-21-7-5-6-20(21)24-23(26(32)34-16(4)33-24)22(25)15(3)17-8-18(27(28,29)30)10-19(31)9-17/h8-10,13-15H,5-7,11-12,31H2,1-4H3,(H2,32,33,34)/t13-,14+,15-/m1/s1. The second kappa shape index (κ2) is 8.80. The van der Waals surface area contributed by atoms with Gasteiger partial charge in [0.1, 0.15) is 11.6 Å². The minimum atomic E-state index is -4.50. The Morgan fingerprint density at radius 2 is 1.69 bits per heavy atom. The third-order valence-corrected chi connectivity index (χ3v) is 7.34. The first-order valence-corrected chi connectivity index (χ1v) is 12.4. The van der Waals surface area contributed by atoms with E-state index < -0.39 is 17.7 Å². The first kappa shape index (κ1) is 24.6. The molecule has 36 heavy (non-hydrogen) atoms. The molecule has 1 fully saturated rings. The SMILES string of the molecule is Cc1nc(N)c2c([C@H](C)c3cc(N)cc(C(F)(F)F)c3)c(N3C[C@@H](C)O[C@@H](C)C3)c3c(c2n1)CCC3. The molecule has 6 nitrogen and oxygen atoms in total. The number of aromatic nitrogens is 2. The third-order valence-electron chi connectivity index (χ3n) is 7.34. The topological polar surface area (TPSA) is 90.3 Å². The summed E-state index contributed by atoms with van der Waals surface area (Å²) in [6.45, 7) is 9.18. The van der Waals surface area contributed by atoms with Crippen molar-refractivity contribution in [2.75, 3.05) is 29.5 Å². The smallest absolute Gasteiger partial charge is 0.399 e. The molecule has 4 N–H and O–H groups in total. The summed E-state index contributed by atoms with van der Waals surface area (Å²) in [7, 11) is 0. The van der Waals surface area contributed by atoms with Crippen LogP contribution in [0.25, 0.3) is 10.9 Å². The van der Waals surface area contributed by atoms with E-state index in [1.165, 1.54) is 17.2 Å². The van der Waals surface area contributed by atoms with E-state index in [1.807, 2.05) is 27.7 Å². The maximum Gasteiger partial charge on any atom is 0.416 e. The van der Waals surface area contributed by atoms with Crippen LogP contribution in [0.2, 0.25) is 0 Å². The molecule has 3 atom stereocenters. The number of anilines is 3. The summed E-state index contributed by atoms with van der Waals surface area (Å²) >= 11 is 0. The van der Waals surface area contributed by atoms with Crippen LogP contribution in [0.15, 0.2) is 18.2 Å². The van der Waals surface area contributed by atoms with Crippen LogP contribution in [0, 0.1) is 6.92 Å². The van der Waals surface area contributed by atoms with Crippen molar-refractivity contribution in [3.8, 4) is 0 Å². The number of nitrogens with zero attached hydrogens (tertiary/aromatic N) is 3. The minimum Gasteiger partial charge on any atom is -0.399 e. The van der Waals surface area contributed by atoms with Gasteiger partial charge in [-0.15, -0.1) is 0 Å². The molecule has 0 amide bonds. The second-order valence-electron chi connectivity index (χ2n) is 10.2. The van der Waals surface area contributed by atoms with Gasteiger partial charge in [0.05, 0.1) is 23.3 Å². The molecule has 0 saturated carbocycles. The van der Waals surface area contributed by atoms with Crippen molar-refractivity contribution in [2.24, 2.45) is 0 Å². The van der Waals surface area contributed by atoms with Gasteiger partial charge in [0.2, 0.25) is 0 Å². The molecule has 0 bridgehead atoms. The average Bonchev–Trinajstić information content (AvgIpc) is 3.26. The molecule has 2 aliphatic rings. The number of nitrogen functional groups attached to an aromatic ring is 2. The number of halogens is 3. The lowest BCUT2D eigenvalue weighted by Crippen LogP contribution is -2.46. The fourth-order valence-corrected chi connectivity index (χ4v) is 6.03. The van der Waals surface area contributed by atoms with Gasteiger partial charge < -0.3 is 21.1 Å². The highest BCUT2D eigenvalue weighted by Crippen LogP contribution is 2.48. The lowest BCUT2D eigenvalue weighted by molar-refractivity contribution is -0.137. The maximum absolute atomic E-state index is 13.7. The average molecular weight is 500 g/mol. The number of rotatable bonds is 3. The minimum absolute atomic E-state index is 0.0143. The molecule has 9 heteroatoms. The Morgan fingerprint density at radius 3 is 2.36 bits per heavy atom. The van der Waals surface area contributed by atoms with E-state index in [0.29, 0.717) is 30.3 Å². The number of aryl methyl sites for hydroxylation is 2. The Hall–Kier alpha value is -3.07. The maximum atomic E-state index is 13.7. The highest BCUT2D eigenvalue weighted by molar-refractivity contribution is 6.00. The van der Waals surface area contributed by atoms with Crippen molar-refractivity contribution in [3.63, 3.8) is 0 Å². The predicted octanol–water partition coefficient (Wildman–Crippen LogP) is 5.38. The van der Waals surface area contributed by atoms with E-state index >= 15 is 0 Å². The van der Waals surface area contributed by atoms with Gasteiger partial charge >= 0.3 is 6.18 Å². The number of nitrogens with two attached hydrogens (primary N) is 2. The van der Waals surface area contributed by atoms with E-state index in [-0.39, 0.29) is 17.9 Å². The van der Waals surface area contributed by atoms with Gasteiger partial charge in [-0.2, -0.15) is 13.2 Å². The first-order valence-electron chi connectivity index (χ1n) is 12.4. The fourth-order valence-electron chi connectivity index (χ4n) is 6.03. The summed E-state index contributed by atoms with van der Waals surface area (Å²) in [6, 6.07) is 3.79. The van der Waals surface area contributed by atoms with Crippen LogP contribution < -0.4 is 16.4 Å². The van der Waals surface area contributed by atoms with E-state index in [4.69, 9.17) is 21.2 Å². The predicted molar refractivity (Wildman–Crippen MR) is 136 cm³/mol. The van der Waals surface area contributed by atoms with Crippen molar-refractivity contribution in [3.05, 3.63) is 51.8 Å². The summed E-state index contributed by atoms with van der Waals surface area (Å²) in [5.74, 6) is 0.502. The van der Waals surface area contributed by atoms with Crippen LogP contribution in [-0.2, 0) is 23.8 Å². The van der Waals surface area contributed by atoms with Crippen molar-refractivity contribution >= 4 is 28.1 Å². The zero-order valence-corrected chi connectivity index (χ0v) is 21.0. The van der Waals surface area contributed by atoms with Crippen LogP contribution >= 0.6 is 0 Å². The van der Waals surface area contributed by atoms with Crippen molar-refractivity contribution in [1.82, 2.24) is 9.97 Å². The third kappa shape index (κ3) is 4.23. The summed E-state index contributed by atoms with van der Waals surface area (Å²) in [5, 5.41) is 0.728. The molecule has 0 spiro atoms. The lowest BCUT2D eigenvalue weighted by atomic mass is 9.84. The lowest BCUT2D eigenvalue weighted by Gasteiger charge is -2.40. The van der Waals surface area contributed by atoms with Crippen LogP contribution in [-0.4, -0.2) is 35.3 Å². The molecule has 1 aromatic heterocycles. The van der Waals surface area contributed by atoms with Gasteiger partial charge in [-0.1, -0.05) is 6.92 Å². The number of morpholine rings is 1. The molecular weight excluding hydrogens is 467 g/mol. The molecule has 1 aliphatic heterocycles. The molecule has 5 rings (SSSR count). The second-order valence-corrected chi connectivity index (χ2v) is 10.2. The molecule has 3 aromatic rings. The first-order chi connectivity index (χ1) is 16.9. The number of hydrogen-bond acceptors (Lipinski definition) is 6. The number of fused-ring (bicyclic) bond motifs is 3. The van der Waals surface area contributed by atoms with E-state index in [1.54, 1.807) is 6.07 Å². The Balaban J connectivity index is 1.83. The van der Waals surface area contributed by atoms with Crippen LogP contribution in [0.1, 0.15) is 66.8 Å². The highest BCUT2D eigenvalue weighted by Gasteiger charge is 2.35. The fraction of sp³-hybridized carbons (Fsp3) is 0.481. The van der Waals surface area contributed by atoms with Crippen LogP contribution in [0.3, 0.4) is 0 Å². The van der Waals surface area contributed by atoms with E-state index in [9.17, 15) is 13.2 Å². The summed E-state index contributed by atoms with van der Waals surface area (Å²) in [6.07, 6.45) is -1.71. The van der Waals surface area contributed by atoms with Crippen molar-refractivity contribution in [1.29, 1.82) is 0 Å². The Kier molecular flexibility index (Phi) is 6.01. The molecule has 2 heterocycles. The molecule has 0 unspecified atom stereocenters. The number of hydrogen-bond donors (Lipinski definition) is 2. The Morgan fingerprint density at radius 1 is 1.03 bits per heavy atom. The zero-order valence-electron chi connectivity index (χ0n) is 21.0. The van der Waals surface area contributed by atoms with Gasteiger partial charge in [-0.25, -0.2) is 9.97 Å². The molecule has 192 valence electrons. The molecule has 1 saturated heterocycles. The van der Waals surface area contributed by atoms with Crippen molar-refractivity contribution in [2.45, 2.75) is 71.3 Å². The summed E-state index contributed by atoms with van der Waals surface area (Å²) < 4.78 is 47.1. The monoisotopic (exact) mass is 499 g/mol. The summed E-state index contributed by atoms with van der Waals surface area (Å²) in [4.78, 5) is 11.6. The largest absolute Gasteiger partial charge is 0.416 e. The van der Waals surface area contributed by atoms with Gasteiger partial charge in [0.25, 0.3) is 0 Å². The van der Waals surface area contributed by atoms with Crippen LogP contribution in [0.4, 0.5) is 30.4 Å². The van der Waals surface area contributed by atoms with Gasteiger partial charge in [0, 0.05) is 35.8 Å². The van der Waals surface area contributed by atoms with E-state index in [0.717, 1.165) is 47.5 Å². The van der Waals surface area contributed by atoms with E-state index in [2.05, 4.69) is 9.88 Å². The number of ether oxygens (including phenoxy) is 1. The number of alkyl halides is 3. The van der Waals surface area contributed by atoms with Gasteiger partial charge in [-0.3, -0.25) is 0 Å². The molecule has 1 aliphatic carbocycles. The molecule has 2 aromatic carbocycles. The quantitative estimate of drug-likeness (QED) is 0.471. The highest BCUT2D eigenvalue weighted by atomic mass is 19.4. The molecule has 0 radical (unpaired) electrons. The number of benzene rings is 2. The van der Waals surface area contributed by atoms with Gasteiger partial charge in [-0.05, 0) is 80.5 Å². The van der Waals surface area contributed by atoms with Crippen molar-refractivity contribution < 1.29 is 17.9 Å². The Labute approximate surface area is 208 Å². The normalized spacial score (nSPS) is 21.1. The molecular formula is C27H32F3N5O. The Bertz CT molecular complexity index is 1330. The zero-order chi connectivity index (χ0) is 25.9. The summed E-state index contributed by atoms with van der Waals surface area (Å²) in [5.41, 5.74) is 17.4. The van der Waals surface area contributed by atoms with Gasteiger partial charge in [0.15, 0.2) is 0 Å². The van der Waals surface area contributed by atoms with Crippen LogP contribution in [0.5, 0.6) is 0 Å².